The number of fused-ring (bicyclic) bond motifs is 1. The Morgan fingerprint density at radius 3 is 2.94 bits per heavy atom. The number of halogens is 3. The molecule has 1 aromatic heterocycles. The Morgan fingerprint density at radius 2 is 2.28 bits per heavy atom. The third-order valence-corrected chi connectivity index (χ3v) is 3.55. The summed E-state index contributed by atoms with van der Waals surface area (Å²) >= 11 is 0. The highest BCUT2D eigenvalue weighted by Crippen LogP contribution is 2.36. The van der Waals surface area contributed by atoms with Gasteiger partial charge in [-0.05, 0) is 37.9 Å². The topological polar surface area (TPSA) is 24.9 Å². The first kappa shape index (κ1) is 13.3. The van der Waals surface area contributed by atoms with Crippen molar-refractivity contribution in [2.75, 3.05) is 7.05 Å². The van der Waals surface area contributed by atoms with Crippen molar-refractivity contribution >= 4 is 0 Å². The van der Waals surface area contributed by atoms with Gasteiger partial charge in [-0.15, -0.1) is 0 Å². The van der Waals surface area contributed by atoms with Gasteiger partial charge in [-0.1, -0.05) is 6.07 Å². The number of alkyl halides is 3. The quantitative estimate of drug-likeness (QED) is 0.901. The Morgan fingerprint density at radius 1 is 1.50 bits per heavy atom. The molecule has 2 atom stereocenters. The first-order chi connectivity index (χ1) is 8.51. The highest BCUT2D eigenvalue weighted by molar-refractivity contribution is 5.27. The lowest BCUT2D eigenvalue weighted by molar-refractivity contribution is -0.141. The molecule has 1 aliphatic rings. The molecule has 0 bridgehead atoms. The van der Waals surface area contributed by atoms with Gasteiger partial charge < -0.3 is 5.32 Å². The van der Waals surface area contributed by atoms with Gasteiger partial charge in [-0.2, -0.15) is 13.2 Å². The van der Waals surface area contributed by atoms with Crippen molar-refractivity contribution in [2.45, 2.75) is 43.8 Å². The lowest BCUT2D eigenvalue weighted by atomic mass is 9.81. The number of hydrogen-bond donors (Lipinski definition) is 1. The van der Waals surface area contributed by atoms with Crippen LogP contribution in [0.4, 0.5) is 13.2 Å². The van der Waals surface area contributed by atoms with Crippen LogP contribution >= 0.6 is 0 Å². The van der Waals surface area contributed by atoms with Crippen molar-refractivity contribution in [3.8, 4) is 0 Å². The molecule has 1 N–H and O–H groups in total. The smallest absolute Gasteiger partial charge is 0.316 e. The molecule has 0 aromatic carbocycles. The number of hydrogen-bond acceptors (Lipinski definition) is 2. The van der Waals surface area contributed by atoms with Crippen LogP contribution in [0, 0.1) is 0 Å². The lowest BCUT2D eigenvalue weighted by Crippen LogP contribution is -2.38. The summed E-state index contributed by atoms with van der Waals surface area (Å²) in [4.78, 5) is 4.29. The van der Waals surface area contributed by atoms with Gasteiger partial charge in [-0.25, -0.2) is 0 Å². The summed E-state index contributed by atoms with van der Waals surface area (Å²) in [7, 11) is 1.59. The number of aryl methyl sites for hydroxylation is 1. The molecule has 1 heterocycles. The Bertz CT molecular complexity index is 403. The summed E-state index contributed by atoms with van der Waals surface area (Å²) in [5.41, 5.74) is 1.93. The Labute approximate surface area is 105 Å². The van der Waals surface area contributed by atoms with E-state index in [0.29, 0.717) is 0 Å². The van der Waals surface area contributed by atoms with Gasteiger partial charge in [0.15, 0.2) is 0 Å². The van der Waals surface area contributed by atoms with E-state index >= 15 is 0 Å². The van der Waals surface area contributed by atoms with Crippen molar-refractivity contribution in [1.82, 2.24) is 10.3 Å². The highest BCUT2D eigenvalue weighted by atomic mass is 19.4. The van der Waals surface area contributed by atoms with Crippen LogP contribution < -0.4 is 5.32 Å². The minimum atomic E-state index is -4.14. The molecule has 2 unspecified atom stereocenters. The van der Waals surface area contributed by atoms with Crippen molar-refractivity contribution < 1.29 is 13.2 Å². The second-order valence-corrected chi connectivity index (χ2v) is 4.76. The zero-order valence-corrected chi connectivity index (χ0v) is 10.3. The molecule has 0 saturated heterocycles. The maximum Gasteiger partial charge on any atom is 0.390 e. The van der Waals surface area contributed by atoms with Gasteiger partial charge in [0.05, 0.1) is 6.42 Å². The molecule has 0 saturated carbocycles. The Balaban J connectivity index is 2.22. The first-order valence-electron chi connectivity index (χ1n) is 6.19. The van der Waals surface area contributed by atoms with E-state index in [-0.39, 0.29) is 5.92 Å². The third kappa shape index (κ3) is 3.02. The number of nitrogens with zero attached hydrogens (tertiary/aromatic N) is 1. The van der Waals surface area contributed by atoms with E-state index in [2.05, 4.69) is 10.3 Å². The lowest BCUT2D eigenvalue weighted by Gasteiger charge is -2.31. The molecule has 100 valence electrons. The zero-order chi connectivity index (χ0) is 13.2. The summed E-state index contributed by atoms with van der Waals surface area (Å²) < 4.78 is 37.7. The fourth-order valence-corrected chi connectivity index (χ4v) is 2.73. The number of aromatic nitrogens is 1. The van der Waals surface area contributed by atoms with Gasteiger partial charge in [-0.3, -0.25) is 4.98 Å². The Kier molecular flexibility index (Phi) is 3.90. The predicted molar refractivity (Wildman–Crippen MR) is 63.4 cm³/mol. The molecule has 0 fully saturated rings. The molecule has 18 heavy (non-hydrogen) atoms. The van der Waals surface area contributed by atoms with Crippen molar-refractivity contribution in [1.29, 1.82) is 0 Å². The van der Waals surface area contributed by atoms with Gasteiger partial charge in [0.25, 0.3) is 0 Å². The summed E-state index contributed by atoms with van der Waals surface area (Å²) in [6.07, 6.45) is -0.658. The molecule has 1 aliphatic carbocycles. The summed E-state index contributed by atoms with van der Waals surface area (Å²) in [5.74, 6) is -0.137. The van der Waals surface area contributed by atoms with Gasteiger partial charge in [0, 0.05) is 23.9 Å². The van der Waals surface area contributed by atoms with E-state index in [1.54, 1.807) is 13.2 Å². The average Bonchev–Trinajstić information content (AvgIpc) is 2.34. The maximum atomic E-state index is 12.6. The fourth-order valence-electron chi connectivity index (χ4n) is 2.73. The molecule has 0 amide bonds. The van der Waals surface area contributed by atoms with Crippen LogP contribution in [0.25, 0.3) is 0 Å². The number of nitrogens with one attached hydrogen (secondary N) is 1. The number of rotatable bonds is 3. The van der Waals surface area contributed by atoms with Gasteiger partial charge in [0.1, 0.15) is 0 Å². The normalized spacial score (nSPS) is 21.4. The van der Waals surface area contributed by atoms with E-state index in [0.717, 1.165) is 30.5 Å². The molecule has 0 spiro atoms. The molecule has 5 heteroatoms. The summed E-state index contributed by atoms with van der Waals surface area (Å²) in [6.45, 7) is 0. The van der Waals surface area contributed by atoms with Crippen molar-refractivity contribution in [3.63, 3.8) is 0 Å². The Hall–Kier alpha value is -1.10. The van der Waals surface area contributed by atoms with E-state index in [4.69, 9.17) is 0 Å². The van der Waals surface area contributed by atoms with Crippen LogP contribution in [0.2, 0.25) is 0 Å². The highest BCUT2D eigenvalue weighted by Gasteiger charge is 2.37. The molecule has 0 radical (unpaired) electrons. The number of pyridine rings is 1. The zero-order valence-electron chi connectivity index (χ0n) is 10.3. The number of likely N-dealkylation sites (N-methyl/N-ethyl adjacent to an activating group) is 1. The van der Waals surface area contributed by atoms with Crippen LogP contribution in [0.1, 0.15) is 36.4 Å². The molecular weight excluding hydrogens is 241 g/mol. The maximum absolute atomic E-state index is 12.6. The average molecular weight is 258 g/mol. The standard InChI is InChI=1S/C13H17F3N2/c1-17-11(8-13(14,15)16)10-6-2-4-9-5-3-7-18-12(9)10/h3,5,7,10-11,17H,2,4,6,8H2,1H3. The van der Waals surface area contributed by atoms with Crippen molar-refractivity contribution in [2.24, 2.45) is 0 Å². The molecule has 0 aliphatic heterocycles. The van der Waals surface area contributed by atoms with Crippen LogP contribution in [0.5, 0.6) is 0 Å². The van der Waals surface area contributed by atoms with Crippen molar-refractivity contribution in [3.05, 3.63) is 29.6 Å². The molecular formula is C13H17F3N2. The second kappa shape index (κ2) is 5.26. The minimum absolute atomic E-state index is 0.137. The molecule has 1 aromatic rings. The molecule has 2 rings (SSSR count). The van der Waals surface area contributed by atoms with E-state index in [1.165, 1.54) is 0 Å². The van der Waals surface area contributed by atoms with Crippen LogP contribution in [-0.4, -0.2) is 24.2 Å². The van der Waals surface area contributed by atoms with Gasteiger partial charge >= 0.3 is 6.18 Å². The SMILES string of the molecule is CNC(CC(F)(F)F)C1CCCc2cccnc21. The monoisotopic (exact) mass is 258 g/mol. The minimum Gasteiger partial charge on any atom is -0.316 e. The largest absolute Gasteiger partial charge is 0.390 e. The van der Waals surface area contributed by atoms with E-state index in [9.17, 15) is 13.2 Å². The second-order valence-electron chi connectivity index (χ2n) is 4.76. The van der Waals surface area contributed by atoms with Gasteiger partial charge in [0.2, 0.25) is 0 Å². The fraction of sp³-hybridized carbons (Fsp3) is 0.615. The first-order valence-corrected chi connectivity index (χ1v) is 6.19. The van der Waals surface area contributed by atoms with E-state index in [1.807, 2.05) is 12.1 Å². The van der Waals surface area contributed by atoms with Crippen LogP contribution in [-0.2, 0) is 6.42 Å². The summed E-state index contributed by atoms with van der Waals surface area (Å²) in [6, 6.07) is 3.23. The predicted octanol–water partition coefficient (Wildman–Crippen LogP) is 3.04. The molecule has 2 nitrogen and oxygen atoms in total. The third-order valence-electron chi connectivity index (χ3n) is 3.55. The van der Waals surface area contributed by atoms with E-state index < -0.39 is 18.6 Å². The summed E-state index contributed by atoms with van der Waals surface area (Å²) in [5, 5.41) is 2.81. The van der Waals surface area contributed by atoms with Crippen LogP contribution in [0.15, 0.2) is 18.3 Å². The van der Waals surface area contributed by atoms with Crippen LogP contribution in [0.3, 0.4) is 0 Å².